The summed E-state index contributed by atoms with van der Waals surface area (Å²) in [6.45, 7) is 5.33. The van der Waals surface area contributed by atoms with Crippen LogP contribution in [0.2, 0.25) is 0 Å². The smallest absolute Gasteiger partial charge is 0.347 e. The maximum absolute atomic E-state index is 12.0. The molecule has 1 heterocycles. The Morgan fingerprint density at radius 1 is 1.11 bits per heavy atom. The Bertz CT molecular complexity index is 814. The van der Waals surface area contributed by atoms with Crippen LogP contribution in [0.5, 0.6) is 5.75 Å². The number of rotatable bonds is 7. The Kier molecular flexibility index (Phi) is 6.53. The van der Waals surface area contributed by atoms with Crippen LogP contribution in [-0.2, 0) is 14.3 Å². The van der Waals surface area contributed by atoms with E-state index in [1.807, 2.05) is 49.4 Å². The molecule has 2 aromatic carbocycles. The van der Waals surface area contributed by atoms with Crippen molar-refractivity contribution in [2.45, 2.75) is 32.8 Å². The number of amides is 1. The number of nitrogens with zero attached hydrogens (tertiary/aromatic N) is 1. The minimum absolute atomic E-state index is 0.353. The van der Waals surface area contributed by atoms with Gasteiger partial charge < -0.3 is 19.7 Å². The summed E-state index contributed by atoms with van der Waals surface area (Å²) in [5.41, 5.74) is 2.87. The van der Waals surface area contributed by atoms with Crippen LogP contribution < -0.4 is 15.0 Å². The fourth-order valence-electron chi connectivity index (χ4n) is 3.12. The molecule has 0 aromatic heterocycles. The lowest BCUT2D eigenvalue weighted by molar-refractivity contribution is -0.153. The largest absolute Gasteiger partial charge is 0.479 e. The van der Waals surface area contributed by atoms with Crippen molar-refractivity contribution in [1.29, 1.82) is 0 Å². The molecule has 0 spiro atoms. The molecule has 6 heteroatoms. The second-order valence-electron chi connectivity index (χ2n) is 6.97. The molecule has 0 aliphatic carbocycles. The summed E-state index contributed by atoms with van der Waals surface area (Å²) in [5, 5.41) is 2.74. The minimum Gasteiger partial charge on any atom is -0.479 e. The lowest BCUT2D eigenvalue weighted by Gasteiger charge is -2.18. The van der Waals surface area contributed by atoms with Crippen LogP contribution in [0, 0.1) is 6.92 Å². The van der Waals surface area contributed by atoms with E-state index < -0.39 is 12.1 Å². The second kappa shape index (κ2) is 9.26. The minimum atomic E-state index is -0.797. The van der Waals surface area contributed by atoms with Crippen molar-refractivity contribution < 1.29 is 19.1 Å². The first-order valence-corrected chi connectivity index (χ1v) is 9.56. The first-order chi connectivity index (χ1) is 13.5. The molecule has 0 unspecified atom stereocenters. The molecule has 1 fully saturated rings. The van der Waals surface area contributed by atoms with Crippen LogP contribution in [0.25, 0.3) is 0 Å². The van der Waals surface area contributed by atoms with Crippen molar-refractivity contribution in [3.63, 3.8) is 0 Å². The molecule has 1 saturated heterocycles. The van der Waals surface area contributed by atoms with E-state index in [4.69, 9.17) is 9.47 Å². The predicted molar refractivity (Wildman–Crippen MR) is 109 cm³/mol. The lowest BCUT2D eigenvalue weighted by Crippen LogP contribution is -2.29. The van der Waals surface area contributed by atoms with Gasteiger partial charge in [0.15, 0.2) is 12.7 Å². The molecule has 1 atom stereocenters. The number of aryl methyl sites for hydroxylation is 1. The van der Waals surface area contributed by atoms with Gasteiger partial charge in [-0.15, -0.1) is 0 Å². The highest BCUT2D eigenvalue weighted by Gasteiger charge is 2.18. The van der Waals surface area contributed by atoms with Gasteiger partial charge in [-0.3, -0.25) is 4.79 Å². The summed E-state index contributed by atoms with van der Waals surface area (Å²) >= 11 is 0. The van der Waals surface area contributed by atoms with E-state index in [1.165, 1.54) is 12.8 Å². The number of anilines is 2. The van der Waals surface area contributed by atoms with Crippen molar-refractivity contribution in [1.82, 2.24) is 0 Å². The lowest BCUT2D eigenvalue weighted by atomic mass is 10.2. The summed E-state index contributed by atoms with van der Waals surface area (Å²) in [7, 11) is 0. The van der Waals surface area contributed by atoms with Gasteiger partial charge in [-0.25, -0.2) is 4.79 Å². The average molecular weight is 382 g/mol. The Labute approximate surface area is 165 Å². The number of benzene rings is 2. The zero-order valence-electron chi connectivity index (χ0n) is 16.3. The highest BCUT2D eigenvalue weighted by atomic mass is 16.6. The molecule has 28 heavy (non-hydrogen) atoms. The molecule has 3 rings (SSSR count). The van der Waals surface area contributed by atoms with Crippen molar-refractivity contribution in [2.75, 3.05) is 29.9 Å². The van der Waals surface area contributed by atoms with E-state index in [2.05, 4.69) is 10.2 Å². The highest BCUT2D eigenvalue weighted by Crippen LogP contribution is 2.22. The Hall–Kier alpha value is -3.02. The quantitative estimate of drug-likeness (QED) is 0.742. The molecule has 1 N–H and O–H groups in total. The molecule has 0 saturated carbocycles. The normalized spacial score (nSPS) is 14.4. The van der Waals surface area contributed by atoms with E-state index in [1.54, 1.807) is 13.0 Å². The summed E-state index contributed by atoms with van der Waals surface area (Å²) < 4.78 is 10.6. The average Bonchev–Trinajstić information content (AvgIpc) is 3.21. The number of hydrogen-bond donors (Lipinski definition) is 1. The molecule has 1 amide bonds. The molecule has 2 aromatic rings. The number of ether oxygens (including phenoxy) is 2. The fourth-order valence-corrected chi connectivity index (χ4v) is 3.12. The third-order valence-electron chi connectivity index (χ3n) is 4.60. The molecular formula is C22H26N2O4. The van der Waals surface area contributed by atoms with E-state index >= 15 is 0 Å². The first-order valence-electron chi connectivity index (χ1n) is 9.56. The molecule has 0 radical (unpaired) electrons. The van der Waals surface area contributed by atoms with Crippen molar-refractivity contribution in [3.05, 3.63) is 54.1 Å². The van der Waals surface area contributed by atoms with Crippen molar-refractivity contribution in [3.8, 4) is 5.75 Å². The Balaban J connectivity index is 1.43. The van der Waals surface area contributed by atoms with Crippen LogP contribution in [0.15, 0.2) is 48.5 Å². The first kappa shape index (κ1) is 19.7. The Morgan fingerprint density at radius 2 is 1.82 bits per heavy atom. The molecule has 148 valence electrons. The molecule has 1 aliphatic heterocycles. The molecule has 1 aliphatic rings. The van der Waals surface area contributed by atoms with Crippen LogP contribution in [0.1, 0.15) is 25.3 Å². The van der Waals surface area contributed by atoms with E-state index in [0.29, 0.717) is 11.4 Å². The third-order valence-corrected chi connectivity index (χ3v) is 4.60. The molecule has 6 nitrogen and oxygen atoms in total. The fraction of sp³-hybridized carbons (Fsp3) is 0.364. The Morgan fingerprint density at radius 3 is 2.50 bits per heavy atom. The van der Waals surface area contributed by atoms with E-state index in [0.717, 1.165) is 24.3 Å². The van der Waals surface area contributed by atoms with Gasteiger partial charge in [-0.05, 0) is 68.7 Å². The molecule has 0 bridgehead atoms. The van der Waals surface area contributed by atoms with Gasteiger partial charge in [0.1, 0.15) is 5.75 Å². The SMILES string of the molecule is Cc1cccc(O[C@H](C)C(=O)OCC(=O)Nc2ccc(N3CCCC3)cc2)c1. The zero-order valence-corrected chi connectivity index (χ0v) is 16.3. The second-order valence-corrected chi connectivity index (χ2v) is 6.97. The number of hydrogen-bond acceptors (Lipinski definition) is 5. The monoisotopic (exact) mass is 382 g/mol. The number of carbonyl (C=O) groups excluding carboxylic acids is 2. The maximum Gasteiger partial charge on any atom is 0.347 e. The summed E-state index contributed by atoms with van der Waals surface area (Å²) in [6.07, 6.45) is 1.64. The predicted octanol–water partition coefficient (Wildman–Crippen LogP) is 3.54. The van der Waals surface area contributed by atoms with Crippen LogP contribution in [-0.4, -0.2) is 37.7 Å². The van der Waals surface area contributed by atoms with Gasteiger partial charge in [-0.1, -0.05) is 12.1 Å². The third kappa shape index (κ3) is 5.49. The zero-order chi connectivity index (χ0) is 19.9. The summed E-state index contributed by atoms with van der Waals surface area (Å²) in [6, 6.07) is 15.1. The standard InChI is InChI=1S/C22H26N2O4/c1-16-6-5-7-20(14-16)28-17(2)22(26)27-15-21(25)23-18-8-10-19(11-9-18)24-12-3-4-13-24/h5-11,14,17H,3-4,12-13,15H2,1-2H3,(H,23,25)/t17-/m1/s1. The van der Waals surface area contributed by atoms with Crippen LogP contribution >= 0.6 is 0 Å². The van der Waals surface area contributed by atoms with Crippen LogP contribution in [0.3, 0.4) is 0 Å². The van der Waals surface area contributed by atoms with Crippen LogP contribution in [0.4, 0.5) is 11.4 Å². The van der Waals surface area contributed by atoms with E-state index in [9.17, 15) is 9.59 Å². The topological polar surface area (TPSA) is 67.9 Å². The van der Waals surface area contributed by atoms with E-state index in [-0.39, 0.29) is 12.5 Å². The van der Waals surface area contributed by atoms with Gasteiger partial charge in [-0.2, -0.15) is 0 Å². The van der Waals surface area contributed by atoms with Gasteiger partial charge in [0.25, 0.3) is 5.91 Å². The summed E-state index contributed by atoms with van der Waals surface area (Å²) in [5.74, 6) is -0.377. The van der Waals surface area contributed by atoms with Gasteiger partial charge in [0.05, 0.1) is 0 Å². The molecular weight excluding hydrogens is 356 g/mol. The number of esters is 1. The van der Waals surface area contributed by atoms with Gasteiger partial charge in [0, 0.05) is 24.5 Å². The highest BCUT2D eigenvalue weighted by molar-refractivity contribution is 5.93. The summed E-state index contributed by atoms with van der Waals surface area (Å²) in [4.78, 5) is 26.4. The van der Waals surface area contributed by atoms with Crippen molar-refractivity contribution >= 4 is 23.3 Å². The number of carbonyl (C=O) groups is 2. The van der Waals surface area contributed by atoms with Crippen molar-refractivity contribution in [2.24, 2.45) is 0 Å². The maximum atomic E-state index is 12.0. The van der Waals surface area contributed by atoms with Gasteiger partial charge >= 0.3 is 5.97 Å². The number of nitrogens with one attached hydrogen (secondary N) is 1. The van der Waals surface area contributed by atoms with Gasteiger partial charge in [0.2, 0.25) is 0 Å².